The van der Waals surface area contributed by atoms with Crippen molar-refractivity contribution in [2.45, 2.75) is 6.67 Å². The van der Waals surface area contributed by atoms with E-state index in [2.05, 4.69) is 16.0 Å². The summed E-state index contributed by atoms with van der Waals surface area (Å²) in [6, 6.07) is 19.1. The molecule has 0 saturated carbocycles. The minimum Gasteiger partial charge on any atom is -0.283 e. The van der Waals surface area contributed by atoms with E-state index in [0.29, 0.717) is 39.3 Å². The zero-order valence-electron chi connectivity index (χ0n) is 15.3. The molecular formula is C23H15FN4O. The lowest BCUT2D eigenvalue weighted by Gasteiger charge is -2.13. The molecule has 0 unspecified atom stereocenters. The molecule has 0 bridgehead atoms. The first-order valence-electron chi connectivity index (χ1n) is 8.90. The molecule has 0 atom stereocenters. The molecule has 0 saturated heterocycles. The monoisotopic (exact) mass is 380 g/mol. The highest BCUT2D eigenvalue weighted by Gasteiger charge is 2.15. The van der Waals surface area contributed by atoms with Gasteiger partial charge in [-0.1, -0.05) is 30.3 Å². The van der Waals surface area contributed by atoms with Crippen molar-refractivity contribution in [3.8, 4) is 34.3 Å². The smallest absolute Gasteiger partial charge is 0.263 e. The van der Waals surface area contributed by atoms with Gasteiger partial charge in [-0.15, -0.1) is 0 Å². The normalized spacial score (nSPS) is 10.5. The van der Waals surface area contributed by atoms with E-state index in [9.17, 15) is 14.4 Å². The summed E-state index contributed by atoms with van der Waals surface area (Å²) in [4.78, 5) is 21.9. The number of pyridine rings is 1. The van der Waals surface area contributed by atoms with Gasteiger partial charge in [-0.3, -0.25) is 9.36 Å². The summed E-state index contributed by atoms with van der Waals surface area (Å²) < 4.78 is 14.6. The predicted octanol–water partition coefficient (Wildman–Crippen LogP) is 4.30. The molecule has 0 amide bonds. The molecule has 0 N–H and O–H groups in total. The third-order valence-corrected chi connectivity index (χ3v) is 4.52. The molecule has 0 fully saturated rings. The Labute approximate surface area is 166 Å². The molecule has 5 nitrogen and oxygen atoms in total. The van der Waals surface area contributed by atoms with Crippen molar-refractivity contribution in [2.75, 3.05) is 0 Å². The van der Waals surface area contributed by atoms with Gasteiger partial charge in [-0.05, 0) is 35.9 Å². The van der Waals surface area contributed by atoms with Crippen LogP contribution in [-0.2, 0) is 6.67 Å². The van der Waals surface area contributed by atoms with Crippen LogP contribution in [0.25, 0.3) is 28.2 Å². The largest absolute Gasteiger partial charge is 0.283 e. The van der Waals surface area contributed by atoms with Gasteiger partial charge in [0, 0.05) is 41.0 Å². The summed E-state index contributed by atoms with van der Waals surface area (Å²) in [5, 5.41) is 9.49. The third kappa shape index (κ3) is 3.54. The second-order valence-corrected chi connectivity index (χ2v) is 6.35. The Bertz CT molecular complexity index is 1280. The van der Waals surface area contributed by atoms with E-state index < -0.39 is 6.67 Å². The third-order valence-electron chi connectivity index (χ3n) is 4.52. The molecule has 2 aromatic heterocycles. The Morgan fingerprint density at radius 3 is 2.52 bits per heavy atom. The van der Waals surface area contributed by atoms with Crippen LogP contribution in [0.1, 0.15) is 11.1 Å². The molecule has 6 heteroatoms. The molecule has 0 spiro atoms. The minimum absolute atomic E-state index is 0.316. The van der Waals surface area contributed by atoms with E-state index in [1.807, 2.05) is 0 Å². The lowest BCUT2D eigenvalue weighted by Crippen LogP contribution is -2.20. The van der Waals surface area contributed by atoms with Gasteiger partial charge in [0.2, 0.25) is 0 Å². The van der Waals surface area contributed by atoms with E-state index in [1.54, 1.807) is 79.3 Å². The molecule has 4 rings (SSSR count). The van der Waals surface area contributed by atoms with Crippen LogP contribution in [0.3, 0.4) is 0 Å². The van der Waals surface area contributed by atoms with Crippen LogP contribution in [-0.4, -0.2) is 14.5 Å². The molecular weight excluding hydrogens is 365 g/mol. The molecule has 140 valence electrons. The molecule has 0 radical (unpaired) electrons. The molecule has 2 heterocycles. The van der Waals surface area contributed by atoms with Crippen LogP contribution in [0.5, 0.6) is 0 Å². The van der Waals surface area contributed by atoms with Crippen molar-refractivity contribution in [1.82, 2.24) is 14.5 Å². The molecule has 0 aliphatic rings. The van der Waals surface area contributed by atoms with Gasteiger partial charge in [0.25, 0.3) is 5.56 Å². The Morgan fingerprint density at radius 2 is 1.76 bits per heavy atom. The molecule has 0 aliphatic heterocycles. The van der Waals surface area contributed by atoms with Crippen LogP contribution < -0.4 is 5.56 Å². The first-order chi connectivity index (χ1) is 14.2. The van der Waals surface area contributed by atoms with E-state index >= 15 is 0 Å². The fourth-order valence-electron chi connectivity index (χ4n) is 3.14. The molecule has 29 heavy (non-hydrogen) atoms. The molecule has 0 aliphatic carbocycles. The summed E-state index contributed by atoms with van der Waals surface area (Å²) in [6.45, 7) is -0.631. The van der Waals surface area contributed by atoms with E-state index in [1.165, 1.54) is 4.57 Å². The number of hydrogen-bond acceptors (Lipinski definition) is 4. The minimum atomic E-state index is -0.631. The highest BCUT2D eigenvalue weighted by Crippen LogP contribution is 2.25. The number of halogens is 1. The second-order valence-electron chi connectivity index (χ2n) is 6.35. The Morgan fingerprint density at radius 1 is 0.966 bits per heavy atom. The van der Waals surface area contributed by atoms with Crippen LogP contribution in [0.2, 0.25) is 0 Å². The van der Waals surface area contributed by atoms with Crippen molar-refractivity contribution in [2.24, 2.45) is 0 Å². The van der Waals surface area contributed by atoms with Crippen molar-refractivity contribution in [3.63, 3.8) is 0 Å². The van der Waals surface area contributed by atoms with Gasteiger partial charge >= 0.3 is 0 Å². The zero-order valence-corrected chi connectivity index (χ0v) is 15.3. The fourth-order valence-corrected chi connectivity index (χ4v) is 3.14. The van der Waals surface area contributed by atoms with Crippen molar-refractivity contribution >= 4 is 0 Å². The predicted molar refractivity (Wildman–Crippen MR) is 108 cm³/mol. The number of benzene rings is 2. The van der Waals surface area contributed by atoms with Gasteiger partial charge < -0.3 is 0 Å². The Balaban J connectivity index is 2.03. The van der Waals surface area contributed by atoms with Gasteiger partial charge in [0.15, 0.2) is 5.82 Å². The lowest BCUT2D eigenvalue weighted by atomic mass is 9.90. The zero-order chi connectivity index (χ0) is 20.2. The number of nitrogens with zero attached hydrogens (tertiary/aromatic N) is 4. The Kier molecular flexibility index (Phi) is 4.95. The number of nitriles is 1. The first-order valence-corrected chi connectivity index (χ1v) is 8.90. The standard InChI is InChI=1S/C23H15FN4O/c24-13-16-5-3-7-19(11-16)28-15-18(22-26-9-4-10-27-22)12-21(23(28)29)20-8-2-1-6-17(20)14-25/h1-12,15H,13H2/i14-1,24-1. The quantitative estimate of drug-likeness (QED) is 0.529. The summed E-state index contributed by atoms with van der Waals surface area (Å²) in [7, 11) is 0. The van der Waals surface area contributed by atoms with Crippen molar-refractivity contribution in [1.29, 1.82) is 5.26 Å². The van der Waals surface area contributed by atoms with Crippen molar-refractivity contribution in [3.05, 3.63) is 101 Å². The molecule has 2 aromatic carbocycles. The number of rotatable bonds is 4. The number of alkyl halides is 1. The summed E-state index contributed by atoms with van der Waals surface area (Å²) in [5.74, 6) is 0.443. The summed E-state index contributed by atoms with van der Waals surface area (Å²) in [6.07, 6.45) is 4.86. The summed E-state index contributed by atoms with van der Waals surface area (Å²) in [5.41, 5.74) is 2.54. The SMILES string of the molecule is N#[11C]c1ccccc1-c1cc(-c2ncccn2)cn(-c2cccc(C[18F])c2)c1=O. The van der Waals surface area contributed by atoms with E-state index in [0.717, 1.165) is 0 Å². The lowest BCUT2D eigenvalue weighted by molar-refractivity contribution is 0.485. The fraction of sp³-hybridized carbons (Fsp3) is 0.0435. The van der Waals surface area contributed by atoms with Crippen molar-refractivity contribution < 1.29 is 4.39 Å². The average molecular weight is 380 g/mol. The first kappa shape index (κ1) is 18.3. The maximum atomic E-state index is 13.3. The number of aromatic nitrogens is 3. The van der Waals surface area contributed by atoms with Crippen LogP contribution in [0, 0.1) is 11.3 Å². The van der Waals surface area contributed by atoms with E-state index in [-0.39, 0.29) is 5.56 Å². The second kappa shape index (κ2) is 7.87. The summed E-state index contributed by atoms with van der Waals surface area (Å²) >= 11 is 0. The average Bonchev–Trinajstić information content (AvgIpc) is 2.80. The highest BCUT2D eigenvalue weighted by atomic mass is 18.2. The van der Waals surface area contributed by atoms with E-state index in [4.69, 9.17) is 0 Å². The topological polar surface area (TPSA) is 71.6 Å². The number of hydrogen-bond donors (Lipinski definition) is 0. The Hall–Kier alpha value is -4.11. The van der Waals surface area contributed by atoms with Crippen LogP contribution >= 0.6 is 0 Å². The van der Waals surface area contributed by atoms with Crippen LogP contribution in [0.15, 0.2) is 84.0 Å². The molecule has 4 aromatic rings. The maximum absolute atomic E-state index is 13.3. The van der Waals surface area contributed by atoms with Gasteiger partial charge in [-0.2, -0.15) is 5.26 Å². The highest BCUT2D eigenvalue weighted by molar-refractivity contribution is 5.74. The van der Waals surface area contributed by atoms with Crippen LogP contribution in [0.4, 0.5) is 4.39 Å². The van der Waals surface area contributed by atoms with Gasteiger partial charge in [0.05, 0.1) is 11.6 Å². The van der Waals surface area contributed by atoms with Gasteiger partial charge in [0.1, 0.15) is 6.67 Å². The van der Waals surface area contributed by atoms with Gasteiger partial charge in [-0.25, -0.2) is 14.4 Å². The maximum Gasteiger partial charge on any atom is 0.263 e.